The van der Waals surface area contributed by atoms with Crippen molar-refractivity contribution in [3.63, 3.8) is 0 Å². The molecular formula is C25H21N5OS. The molecule has 5 rings (SSSR count). The zero-order chi connectivity index (χ0) is 21.9. The molecule has 0 atom stereocenters. The van der Waals surface area contributed by atoms with E-state index in [1.807, 2.05) is 66.9 Å². The highest BCUT2D eigenvalue weighted by Gasteiger charge is 2.11. The quantitative estimate of drug-likeness (QED) is 0.244. The minimum Gasteiger partial charge on any atom is -0.497 e. The van der Waals surface area contributed by atoms with Gasteiger partial charge in [-0.15, -0.1) is 0 Å². The number of nitrogens with one attached hydrogen (secondary N) is 2. The Morgan fingerprint density at radius 2 is 1.69 bits per heavy atom. The third-order valence-electron chi connectivity index (χ3n) is 5.16. The molecule has 5 aromatic rings. The molecule has 0 fully saturated rings. The van der Waals surface area contributed by atoms with Crippen LogP contribution < -0.4 is 10.1 Å². The lowest BCUT2D eigenvalue weighted by atomic mass is 10.1. The second-order valence-electron chi connectivity index (χ2n) is 7.18. The largest absolute Gasteiger partial charge is 0.497 e. The van der Waals surface area contributed by atoms with E-state index in [0.29, 0.717) is 0 Å². The number of benzene rings is 3. The number of aromatic nitrogens is 4. The molecular weight excluding hydrogens is 418 g/mol. The first kappa shape index (κ1) is 20.1. The number of aromatic amines is 1. The summed E-state index contributed by atoms with van der Waals surface area (Å²) in [4.78, 5) is 9.30. The number of H-pyrrole nitrogens is 1. The summed E-state index contributed by atoms with van der Waals surface area (Å²) in [6.45, 7) is 0. The fraction of sp³-hybridized carbons (Fsp3) is 0.0800. The van der Waals surface area contributed by atoms with Crippen LogP contribution in [0.15, 0.2) is 84.0 Å². The van der Waals surface area contributed by atoms with Crippen LogP contribution in [-0.4, -0.2) is 33.5 Å². The van der Waals surface area contributed by atoms with Gasteiger partial charge in [0.15, 0.2) is 5.16 Å². The Kier molecular flexibility index (Phi) is 5.47. The number of anilines is 2. The van der Waals surface area contributed by atoms with Crippen LogP contribution in [-0.2, 0) is 0 Å². The number of rotatable bonds is 6. The number of hydrogen-bond donors (Lipinski definition) is 2. The van der Waals surface area contributed by atoms with Gasteiger partial charge < -0.3 is 10.1 Å². The van der Waals surface area contributed by atoms with Crippen LogP contribution in [0.3, 0.4) is 0 Å². The highest BCUT2D eigenvalue weighted by molar-refractivity contribution is 7.98. The van der Waals surface area contributed by atoms with Gasteiger partial charge in [0.1, 0.15) is 11.6 Å². The molecule has 2 heterocycles. The lowest BCUT2D eigenvalue weighted by molar-refractivity contribution is 0.415. The number of fused-ring (bicyclic) bond motifs is 1. The molecule has 3 aromatic carbocycles. The van der Waals surface area contributed by atoms with Crippen molar-refractivity contribution in [3.8, 4) is 28.3 Å². The molecule has 0 bridgehead atoms. The molecule has 0 radical (unpaired) electrons. The number of methoxy groups -OCH3 is 1. The summed E-state index contributed by atoms with van der Waals surface area (Å²) in [5.74, 6) is 1.57. The molecule has 0 aliphatic carbocycles. The van der Waals surface area contributed by atoms with Gasteiger partial charge in [0.05, 0.1) is 24.0 Å². The summed E-state index contributed by atoms with van der Waals surface area (Å²) >= 11 is 1.52. The first-order valence-corrected chi connectivity index (χ1v) is 11.3. The van der Waals surface area contributed by atoms with Crippen LogP contribution in [0.4, 0.5) is 11.5 Å². The molecule has 32 heavy (non-hydrogen) atoms. The molecule has 0 aliphatic heterocycles. The minimum absolute atomic E-state index is 0.720. The van der Waals surface area contributed by atoms with Crippen LogP contribution in [0.2, 0.25) is 0 Å². The first-order chi connectivity index (χ1) is 15.7. The normalized spacial score (nSPS) is 10.9. The highest BCUT2D eigenvalue weighted by atomic mass is 32.2. The summed E-state index contributed by atoms with van der Waals surface area (Å²) < 4.78 is 5.27. The maximum Gasteiger partial charge on any atom is 0.189 e. The van der Waals surface area contributed by atoms with E-state index in [1.54, 1.807) is 7.11 Å². The van der Waals surface area contributed by atoms with Crippen molar-refractivity contribution in [2.75, 3.05) is 18.7 Å². The minimum atomic E-state index is 0.720. The second kappa shape index (κ2) is 8.72. The fourth-order valence-electron chi connectivity index (χ4n) is 3.55. The molecule has 0 unspecified atom stereocenters. The summed E-state index contributed by atoms with van der Waals surface area (Å²) in [6, 6.07) is 26.1. The molecule has 2 N–H and O–H groups in total. The van der Waals surface area contributed by atoms with E-state index in [9.17, 15) is 0 Å². The van der Waals surface area contributed by atoms with Gasteiger partial charge in [-0.25, -0.2) is 9.97 Å². The van der Waals surface area contributed by atoms with Crippen molar-refractivity contribution in [2.45, 2.75) is 5.16 Å². The third-order valence-corrected chi connectivity index (χ3v) is 5.70. The zero-order valence-electron chi connectivity index (χ0n) is 17.7. The summed E-state index contributed by atoms with van der Waals surface area (Å²) in [5.41, 5.74) is 5.75. The van der Waals surface area contributed by atoms with Crippen molar-refractivity contribution >= 4 is 34.2 Å². The Bertz CT molecular complexity index is 1370. The molecule has 7 heteroatoms. The smallest absolute Gasteiger partial charge is 0.189 e. The van der Waals surface area contributed by atoms with Gasteiger partial charge in [-0.1, -0.05) is 42.1 Å². The third kappa shape index (κ3) is 4.02. The Hall–Kier alpha value is -3.84. The van der Waals surface area contributed by atoms with E-state index in [4.69, 9.17) is 4.74 Å². The maximum atomic E-state index is 5.27. The van der Waals surface area contributed by atoms with Crippen molar-refractivity contribution < 1.29 is 4.74 Å². The summed E-state index contributed by atoms with van der Waals surface area (Å²) in [7, 11) is 1.66. The topological polar surface area (TPSA) is 75.7 Å². The first-order valence-electron chi connectivity index (χ1n) is 10.1. The van der Waals surface area contributed by atoms with Crippen LogP contribution in [0.25, 0.3) is 33.4 Å². The van der Waals surface area contributed by atoms with Crippen molar-refractivity contribution in [2.24, 2.45) is 0 Å². The molecule has 0 saturated carbocycles. The summed E-state index contributed by atoms with van der Waals surface area (Å²) in [6.07, 6.45) is 1.98. The Morgan fingerprint density at radius 1 is 0.875 bits per heavy atom. The number of hydrogen-bond acceptors (Lipinski definition) is 6. The number of thioether (sulfide) groups is 1. The van der Waals surface area contributed by atoms with Gasteiger partial charge in [0.2, 0.25) is 0 Å². The van der Waals surface area contributed by atoms with Gasteiger partial charge in [-0.05, 0) is 48.7 Å². The number of ether oxygens (including phenoxy) is 1. The second-order valence-corrected chi connectivity index (χ2v) is 7.95. The standard InChI is InChI=1S/C25H21N5OS/c1-31-19-11-8-17(9-12-19)24-20-14-18(10-13-21(20)29-30-24)26-23-15-22(27-25(28-23)32-2)16-6-4-3-5-7-16/h3-15H,1-2H3,(H,29,30)(H,26,27,28). The Balaban J connectivity index is 1.50. The van der Waals surface area contributed by atoms with Gasteiger partial charge in [-0.2, -0.15) is 5.10 Å². The van der Waals surface area contributed by atoms with Crippen molar-refractivity contribution in [3.05, 3.63) is 78.9 Å². The molecule has 6 nitrogen and oxygen atoms in total. The van der Waals surface area contributed by atoms with E-state index < -0.39 is 0 Å². The van der Waals surface area contributed by atoms with Crippen molar-refractivity contribution in [1.82, 2.24) is 20.2 Å². The van der Waals surface area contributed by atoms with Crippen LogP contribution >= 0.6 is 11.8 Å². The van der Waals surface area contributed by atoms with E-state index in [2.05, 4.69) is 43.7 Å². The zero-order valence-corrected chi connectivity index (χ0v) is 18.5. The van der Waals surface area contributed by atoms with Crippen molar-refractivity contribution in [1.29, 1.82) is 0 Å². The summed E-state index contributed by atoms with van der Waals surface area (Å²) in [5, 5.41) is 12.8. The fourth-order valence-corrected chi connectivity index (χ4v) is 3.93. The van der Waals surface area contributed by atoms with Gasteiger partial charge in [-0.3, -0.25) is 5.10 Å². The maximum absolute atomic E-state index is 5.27. The predicted octanol–water partition coefficient (Wildman–Crippen LogP) is 6.16. The number of nitrogens with zero attached hydrogens (tertiary/aromatic N) is 3. The van der Waals surface area contributed by atoms with Crippen LogP contribution in [0.1, 0.15) is 0 Å². The van der Waals surface area contributed by atoms with Crippen LogP contribution in [0, 0.1) is 0 Å². The molecule has 0 amide bonds. The van der Waals surface area contributed by atoms with Gasteiger partial charge in [0, 0.05) is 28.3 Å². The molecule has 0 aliphatic rings. The highest BCUT2D eigenvalue weighted by Crippen LogP contribution is 2.31. The molecule has 2 aromatic heterocycles. The van der Waals surface area contributed by atoms with E-state index >= 15 is 0 Å². The van der Waals surface area contributed by atoms with E-state index in [-0.39, 0.29) is 0 Å². The van der Waals surface area contributed by atoms with Gasteiger partial charge in [0.25, 0.3) is 0 Å². The van der Waals surface area contributed by atoms with Crippen LogP contribution in [0.5, 0.6) is 5.75 Å². The predicted molar refractivity (Wildman–Crippen MR) is 131 cm³/mol. The lowest BCUT2D eigenvalue weighted by Crippen LogP contribution is -1.98. The molecule has 0 spiro atoms. The Morgan fingerprint density at radius 3 is 2.44 bits per heavy atom. The SMILES string of the molecule is COc1ccc(-c2n[nH]c3ccc(Nc4cc(-c5ccccc5)nc(SC)n4)cc23)cc1. The lowest BCUT2D eigenvalue weighted by Gasteiger charge is -2.10. The average molecular weight is 440 g/mol. The van der Waals surface area contributed by atoms with E-state index in [1.165, 1.54) is 11.8 Å². The van der Waals surface area contributed by atoms with E-state index in [0.717, 1.165) is 55.8 Å². The Labute approximate surface area is 190 Å². The average Bonchev–Trinajstić information content (AvgIpc) is 3.27. The van der Waals surface area contributed by atoms with Gasteiger partial charge >= 0.3 is 0 Å². The molecule has 158 valence electrons. The molecule has 0 saturated heterocycles. The monoisotopic (exact) mass is 439 g/mol.